The highest BCUT2D eigenvalue weighted by Crippen LogP contribution is 2.43. The van der Waals surface area contributed by atoms with Crippen LogP contribution >= 0.6 is 0 Å². The number of hydrogen-bond donors (Lipinski definition) is 3. The predicted molar refractivity (Wildman–Crippen MR) is 118 cm³/mol. The standard InChI is InChI=1S/C16H29N3O4.C7H8/c1-19(2)9-5-8-17-14(21)12-18-13(20)10-16(11-15(22)23)6-3-4-7-16;1-7-5-3-2-4-6-7/h3-12H2,1-2H3,(H,17,21)(H,18,20)(H,22,23);2-6H,1H3. The van der Waals surface area contributed by atoms with E-state index in [9.17, 15) is 14.4 Å². The Morgan fingerprint density at radius 2 is 1.63 bits per heavy atom. The molecule has 1 saturated carbocycles. The van der Waals surface area contributed by atoms with Gasteiger partial charge < -0.3 is 20.6 Å². The second-order valence-corrected chi connectivity index (χ2v) is 8.39. The summed E-state index contributed by atoms with van der Waals surface area (Å²) < 4.78 is 0. The van der Waals surface area contributed by atoms with Crippen LogP contribution in [0.2, 0.25) is 0 Å². The van der Waals surface area contributed by atoms with Crippen LogP contribution in [0.4, 0.5) is 0 Å². The smallest absolute Gasteiger partial charge is 0.303 e. The average molecular weight is 420 g/mol. The second kappa shape index (κ2) is 13.7. The number of nitrogens with one attached hydrogen (secondary N) is 2. The third-order valence-corrected chi connectivity index (χ3v) is 5.22. The van der Waals surface area contributed by atoms with Gasteiger partial charge in [-0.05, 0) is 52.2 Å². The van der Waals surface area contributed by atoms with Crippen molar-refractivity contribution in [3.05, 3.63) is 35.9 Å². The van der Waals surface area contributed by atoms with Crippen molar-refractivity contribution in [2.45, 2.75) is 51.9 Å². The number of amides is 2. The fourth-order valence-electron chi connectivity index (χ4n) is 3.66. The summed E-state index contributed by atoms with van der Waals surface area (Å²) in [6.45, 7) is 3.50. The van der Waals surface area contributed by atoms with E-state index in [0.717, 1.165) is 38.6 Å². The van der Waals surface area contributed by atoms with Crippen LogP contribution in [0, 0.1) is 12.3 Å². The van der Waals surface area contributed by atoms with Gasteiger partial charge in [0.15, 0.2) is 0 Å². The van der Waals surface area contributed by atoms with Gasteiger partial charge in [-0.1, -0.05) is 48.7 Å². The molecule has 1 aromatic carbocycles. The molecule has 7 heteroatoms. The predicted octanol–water partition coefficient (Wildman–Crippen LogP) is 2.59. The fraction of sp³-hybridized carbons (Fsp3) is 0.609. The van der Waals surface area contributed by atoms with Gasteiger partial charge in [0.1, 0.15) is 0 Å². The summed E-state index contributed by atoms with van der Waals surface area (Å²) in [5, 5.41) is 14.4. The number of aryl methyl sites for hydroxylation is 1. The minimum absolute atomic E-state index is 0.0250. The van der Waals surface area contributed by atoms with E-state index in [4.69, 9.17) is 5.11 Å². The molecule has 0 atom stereocenters. The lowest BCUT2D eigenvalue weighted by Crippen LogP contribution is -2.39. The maximum absolute atomic E-state index is 12.0. The van der Waals surface area contributed by atoms with E-state index in [0.29, 0.717) is 6.54 Å². The molecular weight excluding hydrogens is 382 g/mol. The first-order valence-electron chi connectivity index (χ1n) is 10.6. The van der Waals surface area contributed by atoms with Gasteiger partial charge >= 0.3 is 5.97 Å². The Kier molecular flexibility index (Phi) is 11.7. The number of carbonyl (C=O) groups is 3. The molecule has 1 aliphatic carbocycles. The molecule has 0 unspecified atom stereocenters. The van der Waals surface area contributed by atoms with E-state index in [2.05, 4.69) is 29.7 Å². The summed E-state index contributed by atoms with van der Waals surface area (Å²) in [6, 6.07) is 10.3. The average Bonchev–Trinajstić information content (AvgIpc) is 3.11. The van der Waals surface area contributed by atoms with Crippen LogP contribution in [0.15, 0.2) is 30.3 Å². The lowest BCUT2D eigenvalue weighted by Gasteiger charge is -2.26. The van der Waals surface area contributed by atoms with Crippen molar-refractivity contribution in [3.8, 4) is 0 Å². The highest BCUT2D eigenvalue weighted by atomic mass is 16.4. The normalized spacial score (nSPS) is 14.5. The lowest BCUT2D eigenvalue weighted by atomic mass is 9.79. The van der Waals surface area contributed by atoms with Crippen molar-refractivity contribution in [3.63, 3.8) is 0 Å². The highest BCUT2D eigenvalue weighted by molar-refractivity contribution is 5.85. The van der Waals surface area contributed by atoms with Crippen LogP contribution in [0.1, 0.15) is 50.5 Å². The lowest BCUT2D eigenvalue weighted by molar-refractivity contribution is -0.140. The van der Waals surface area contributed by atoms with Gasteiger partial charge in [0.25, 0.3) is 0 Å². The molecule has 168 valence electrons. The number of carboxylic acid groups (broad SMARTS) is 1. The Bertz CT molecular complexity index is 656. The molecule has 1 fully saturated rings. The summed E-state index contributed by atoms with van der Waals surface area (Å²) in [4.78, 5) is 36.7. The number of hydrogen-bond acceptors (Lipinski definition) is 4. The summed E-state index contributed by atoms with van der Waals surface area (Å²) in [5.41, 5.74) is 0.889. The van der Waals surface area contributed by atoms with Gasteiger partial charge in [0.05, 0.1) is 13.0 Å². The molecule has 2 rings (SSSR count). The zero-order valence-corrected chi connectivity index (χ0v) is 18.6. The van der Waals surface area contributed by atoms with Crippen molar-refractivity contribution in [1.29, 1.82) is 0 Å². The number of rotatable bonds is 10. The van der Waals surface area contributed by atoms with Crippen molar-refractivity contribution in [2.24, 2.45) is 5.41 Å². The zero-order valence-electron chi connectivity index (χ0n) is 18.6. The van der Waals surface area contributed by atoms with Crippen molar-refractivity contribution in [1.82, 2.24) is 15.5 Å². The van der Waals surface area contributed by atoms with Crippen molar-refractivity contribution >= 4 is 17.8 Å². The first-order valence-corrected chi connectivity index (χ1v) is 10.6. The maximum atomic E-state index is 12.0. The molecule has 7 nitrogen and oxygen atoms in total. The van der Waals surface area contributed by atoms with Crippen LogP contribution in [0.3, 0.4) is 0 Å². The molecule has 30 heavy (non-hydrogen) atoms. The number of aliphatic carboxylic acids is 1. The monoisotopic (exact) mass is 419 g/mol. The highest BCUT2D eigenvalue weighted by Gasteiger charge is 2.37. The Labute approximate surface area is 180 Å². The Morgan fingerprint density at radius 1 is 1.00 bits per heavy atom. The van der Waals surface area contributed by atoms with Crippen molar-refractivity contribution < 1.29 is 19.5 Å². The molecule has 0 radical (unpaired) electrons. The molecule has 3 N–H and O–H groups in total. The molecule has 2 amide bonds. The largest absolute Gasteiger partial charge is 0.481 e. The maximum Gasteiger partial charge on any atom is 0.303 e. The Balaban J connectivity index is 0.000000539. The van der Waals surface area contributed by atoms with E-state index in [1.54, 1.807) is 0 Å². The molecule has 0 aliphatic heterocycles. The Hall–Kier alpha value is -2.41. The van der Waals surface area contributed by atoms with Crippen LogP contribution in [0.5, 0.6) is 0 Å². The van der Waals surface area contributed by atoms with Gasteiger partial charge in [0.2, 0.25) is 11.8 Å². The van der Waals surface area contributed by atoms with Gasteiger partial charge in [-0.25, -0.2) is 0 Å². The van der Waals surface area contributed by atoms with Gasteiger partial charge in [-0.15, -0.1) is 0 Å². The Morgan fingerprint density at radius 3 is 2.13 bits per heavy atom. The van der Waals surface area contributed by atoms with E-state index in [-0.39, 0.29) is 31.2 Å². The van der Waals surface area contributed by atoms with E-state index in [1.165, 1.54) is 5.56 Å². The summed E-state index contributed by atoms with van der Waals surface area (Å²) in [7, 11) is 3.94. The molecule has 0 heterocycles. The van der Waals surface area contributed by atoms with Crippen LogP contribution < -0.4 is 10.6 Å². The second-order valence-electron chi connectivity index (χ2n) is 8.39. The zero-order chi connectivity index (χ0) is 22.4. The van der Waals surface area contributed by atoms with E-state index >= 15 is 0 Å². The minimum Gasteiger partial charge on any atom is -0.481 e. The van der Waals surface area contributed by atoms with E-state index < -0.39 is 11.4 Å². The quantitative estimate of drug-likeness (QED) is 0.506. The molecule has 0 saturated heterocycles. The molecule has 0 aromatic heterocycles. The van der Waals surface area contributed by atoms with Crippen molar-refractivity contribution in [2.75, 3.05) is 33.7 Å². The number of benzene rings is 1. The molecule has 1 aliphatic rings. The number of carbonyl (C=O) groups excluding carboxylic acids is 2. The van der Waals surface area contributed by atoms with Crippen LogP contribution in [-0.2, 0) is 14.4 Å². The molecule has 1 aromatic rings. The third kappa shape index (κ3) is 11.6. The first-order chi connectivity index (χ1) is 14.2. The van der Waals surface area contributed by atoms with Gasteiger partial charge in [-0.3, -0.25) is 14.4 Å². The van der Waals surface area contributed by atoms with Gasteiger partial charge in [0, 0.05) is 13.0 Å². The summed E-state index contributed by atoms with van der Waals surface area (Å²) in [5.74, 6) is -1.31. The topological polar surface area (TPSA) is 98.7 Å². The van der Waals surface area contributed by atoms with Crippen LogP contribution in [-0.4, -0.2) is 61.5 Å². The summed E-state index contributed by atoms with van der Waals surface area (Å²) in [6.07, 6.45) is 4.53. The SMILES string of the molecule is CN(C)CCCNC(=O)CNC(=O)CC1(CC(=O)O)CCCC1.Cc1ccccc1. The number of carboxylic acids is 1. The molecular formula is C23H37N3O4. The summed E-state index contributed by atoms with van der Waals surface area (Å²) >= 11 is 0. The van der Waals surface area contributed by atoms with Gasteiger partial charge in [-0.2, -0.15) is 0 Å². The molecule has 0 spiro atoms. The first kappa shape index (κ1) is 25.6. The number of nitrogens with zero attached hydrogens (tertiary/aromatic N) is 1. The third-order valence-electron chi connectivity index (χ3n) is 5.22. The van der Waals surface area contributed by atoms with E-state index in [1.807, 2.05) is 37.2 Å². The van der Waals surface area contributed by atoms with Crippen LogP contribution in [0.25, 0.3) is 0 Å². The minimum atomic E-state index is -0.863. The molecule has 0 bridgehead atoms. The fourth-order valence-corrected chi connectivity index (χ4v) is 3.66.